The molecule has 0 atom stereocenters. The van der Waals surface area contributed by atoms with Crippen LogP contribution >= 0.6 is 11.3 Å². The molecule has 1 aliphatic carbocycles. The lowest BCUT2D eigenvalue weighted by atomic mass is 9.77. The van der Waals surface area contributed by atoms with Gasteiger partial charge in [-0.25, -0.2) is 0 Å². The summed E-state index contributed by atoms with van der Waals surface area (Å²) in [4.78, 5) is 13.0. The molecule has 0 aliphatic heterocycles. The van der Waals surface area contributed by atoms with E-state index in [2.05, 4.69) is 6.92 Å². The summed E-state index contributed by atoms with van der Waals surface area (Å²) < 4.78 is 0. The van der Waals surface area contributed by atoms with Crippen LogP contribution < -0.4 is 0 Å². The quantitative estimate of drug-likeness (QED) is 0.803. The van der Waals surface area contributed by atoms with E-state index in [1.807, 2.05) is 18.4 Å². The van der Waals surface area contributed by atoms with Crippen LogP contribution in [-0.2, 0) is 0 Å². The monoisotopic (exact) mass is 238 g/mol. The molecular formula is C13H18O2S. The van der Waals surface area contributed by atoms with Gasteiger partial charge in [-0.3, -0.25) is 4.79 Å². The van der Waals surface area contributed by atoms with Crippen LogP contribution in [0.15, 0.2) is 11.4 Å². The van der Waals surface area contributed by atoms with E-state index in [0.29, 0.717) is 18.8 Å². The Kier molecular flexibility index (Phi) is 3.17. The molecule has 1 aromatic rings. The smallest absolute Gasteiger partial charge is 0.204 e. The Morgan fingerprint density at radius 1 is 1.50 bits per heavy atom. The molecule has 16 heavy (non-hydrogen) atoms. The zero-order chi connectivity index (χ0) is 11.8. The Morgan fingerprint density at radius 2 is 2.12 bits per heavy atom. The zero-order valence-corrected chi connectivity index (χ0v) is 10.6. The Labute approximate surface area is 100 Å². The second kappa shape index (κ2) is 4.30. The van der Waals surface area contributed by atoms with E-state index in [1.165, 1.54) is 11.3 Å². The summed E-state index contributed by atoms with van der Waals surface area (Å²) in [5.41, 5.74) is -0.107. The lowest BCUT2D eigenvalue weighted by Gasteiger charge is -2.33. The molecule has 1 aromatic heterocycles. The van der Waals surface area contributed by atoms with Gasteiger partial charge in [0.2, 0.25) is 5.78 Å². The molecule has 2 rings (SSSR count). The molecule has 2 nitrogen and oxygen atoms in total. The number of aliphatic hydroxyl groups is 1. The number of hydrogen-bond acceptors (Lipinski definition) is 3. The third-order valence-corrected chi connectivity index (χ3v) is 4.61. The standard InChI is InChI=1S/C13H18O2S/c1-9-3-6-13(15,7-4-9)12(14)11-10(2)5-8-16-11/h5,8-9,15H,3-4,6-7H2,1-2H3. The van der Waals surface area contributed by atoms with Crippen molar-refractivity contribution in [1.82, 2.24) is 0 Å². The van der Waals surface area contributed by atoms with Crippen LogP contribution in [0.3, 0.4) is 0 Å². The van der Waals surface area contributed by atoms with E-state index in [0.717, 1.165) is 23.3 Å². The maximum Gasteiger partial charge on any atom is 0.204 e. The predicted molar refractivity (Wildman–Crippen MR) is 66.0 cm³/mol. The van der Waals surface area contributed by atoms with Gasteiger partial charge in [0.25, 0.3) is 0 Å². The van der Waals surface area contributed by atoms with Crippen molar-refractivity contribution >= 4 is 17.1 Å². The summed E-state index contributed by atoms with van der Waals surface area (Å²) in [6, 6.07) is 1.94. The van der Waals surface area contributed by atoms with E-state index in [-0.39, 0.29) is 5.78 Å². The lowest BCUT2D eigenvalue weighted by molar-refractivity contribution is 0.00458. The molecule has 0 unspecified atom stereocenters. The lowest BCUT2D eigenvalue weighted by Crippen LogP contribution is -2.41. The first-order valence-corrected chi connectivity index (χ1v) is 6.72. The maximum atomic E-state index is 12.3. The molecule has 0 spiro atoms. The minimum absolute atomic E-state index is 0.0631. The number of ketones is 1. The molecule has 0 radical (unpaired) electrons. The first kappa shape index (κ1) is 11.8. The van der Waals surface area contributed by atoms with Crippen LogP contribution in [0.1, 0.15) is 47.8 Å². The highest BCUT2D eigenvalue weighted by Gasteiger charge is 2.40. The number of carbonyl (C=O) groups excluding carboxylic acids is 1. The van der Waals surface area contributed by atoms with Gasteiger partial charge in [-0.1, -0.05) is 6.92 Å². The number of carbonyl (C=O) groups is 1. The van der Waals surface area contributed by atoms with E-state index >= 15 is 0 Å². The van der Waals surface area contributed by atoms with Gasteiger partial charge in [0, 0.05) is 0 Å². The molecule has 0 saturated heterocycles. The zero-order valence-electron chi connectivity index (χ0n) is 9.82. The fourth-order valence-corrected chi connectivity index (χ4v) is 3.24. The topological polar surface area (TPSA) is 37.3 Å². The second-order valence-electron chi connectivity index (χ2n) is 4.98. The van der Waals surface area contributed by atoms with Crippen molar-refractivity contribution in [2.24, 2.45) is 5.92 Å². The number of hydrogen-bond donors (Lipinski definition) is 1. The first-order chi connectivity index (χ1) is 7.53. The van der Waals surface area contributed by atoms with E-state index in [1.54, 1.807) is 0 Å². The maximum absolute atomic E-state index is 12.3. The number of rotatable bonds is 2. The summed E-state index contributed by atoms with van der Waals surface area (Å²) in [6.45, 7) is 4.11. The van der Waals surface area contributed by atoms with Crippen LogP contribution in [0.5, 0.6) is 0 Å². The fourth-order valence-electron chi connectivity index (χ4n) is 2.28. The van der Waals surface area contributed by atoms with Crippen molar-refractivity contribution in [3.8, 4) is 0 Å². The van der Waals surface area contributed by atoms with Crippen LogP contribution in [0.4, 0.5) is 0 Å². The summed E-state index contributed by atoms with van der Waals surface area (Å²) in [7, 11) is 0. The normalized spacial score (nSPS) is 30.3. The van der Waals surface area contributed by atoms with Crippen LogP contribution in [0, 0.1) is 12.8 Å². The van der Waals surface area contributed by atoms with Crippen molar-refractivity contribution in [1.29, 1.82) is 0 Å². The van der Waals surface area contributed by atoms with Crippen LogP contribution in [-0.4, -0.2) is 16.5 Å². The van der Waals surface area contributed by atoms with Gasteiger partial charge < -0.3 is 5.11 Å². The van der Waals surface area contributed by atoms with Crippen molar-refractivity contribution < 1.29 is 9.90 Å². The van der Waals surface area contributed by atoms with Gasteiger partial charge in [-0.15, -0.1) is 11.3 Å². The van der Waals surface area contributed by atoms with Gasteiger partial charge >= 0.3 is 0 Å². The van der Waals surface area contributed by atoms with Gasteiger partial charge in [0.05, 0.1) is 4.88 Å². The fraction of sp³-hybridized carbons (Fsp3) is 0.615. The molecule has 1 saturated carbocycles. The number of thiophene rings is 1. The Balaban J connectivity index is 2.19. The molecule has 0 amide bonds. The van der Waals surface area contributed by atoms with Crippen LogP contribution in [0.25, 0.3) is 0 Å². The van der Waals surface area contributed by atoms with Crippen molar-refractivity contribution in [3.63, 3.8) is 0 Å². The molecular weight excluding hydrogens is 220 g/mol. The van der Waals surface area contributed by atoms with Gasteiger partial charge in [-0.2, -0.15) is 0 Å². The van der Waals surface area contributed by atoms with E-state index in [4.69, 9.17) is 0 Å². The molecule has 1 fully saturated rings. The molecule has 88 valence electrons. The highest BCUT2D eigenvalue weighted by molar-refractivity contribution is 7.12. The average molecular weight is 238 g/mol. The van der Waals surface area contributed by atoms with E-state index in [9.17, 15) is 9.90 Å². The highest BCUT2D eigenvalue weighted by Crippen LogP contribution is 2.35. The average Bonchev–Trinajstić information content (AvgIpc) is 2.68. The van der Waals surface area contributed by atoms with Crippen LogP contribution in [0.2, 0.25) is 0 Å². The molecule has 1 N–H and O–H groups in total. The number of Topliss-reactive ketones (excluding diaryl/α,β-unsaturated/α-hetero) is 1. The molecule has 1 aliphatic rings. The minimum atomic E-state index is -1.10. The highest BCUT2D eigenvalue weighted by atomic mass is 32.1. The second-order valence-corrected chi connectivity index (χ2v) is 5.89. The Bertz CT molecular complexity index is 386. The van der Waals surface area contributed by atoms with Gasteiger partial charge in [-0.05, 0) is 55.5 Å². The van der Waals surface area contributed by atoms with Gasteiger partial charge in [0.15, 0.2) is 0 Å². The Hall–Kier alpha value is -0.670. The van der Waals surface area contributed by atoms with Crippen molar-refractivity contribution in [3.05, 3.63) is 21.9 Å². The number of aryl methyl sites for hydroxylation is 1. The third-order valence-electron chi connectivity index (χ3n) is 3.59. The summed E-state index contributed by atoms with van der Waals surface area (Å²) in [6.07, 6.45) is 3.13. The van der Waals surface area contributed by atoms with Crippen molar-refractivity contribution in [2.45, 2.75) is 45.1 Å². The summed E-state index contributed by atoms with van der Waals surface area (Å²) in [5, 5.41) is 12.3. The van der Waals surface area contributed by atoms with Crippen molar-refractivity contribution in [2.75, 3.05) is 0 Å². The van der Waals surface area contributed by atoms with Gasteiger partial charge in [0.1, 0.15) is 5.60 Å². The molecule has 0 bridgehead atoms. The van der Waals surface area contributed by atoms with E-state index < -0.39 is 5.60 Å². The molecule has 0 aromatic carbocycles. The molecule has 3 heteroatoms. The SMILES string of the molecule is Cc1ccsc1C(=O)C1(O)CCC(C)CC1. The Morgan fingerprint density at radius 3 is 2.62 bits per heavy atom. The molecule has 1 heterocycles. The predicted octanol–water partition coefficient (Wildman–Crippen LogP) is 3.18. The first-order valence-electron chi connectivity index (χ1n) is 5.84. The minimum Gasteiger partial charge on any atom is -0.382 e. The summed E-state index contributed by atoms with van der Waals surface area (Å²) >= 11 is 1.44. The third kappa shape index (κ3) is 2.06. The summed E-state index contributed by atoms with van der Waals surface area (Å²) in [5.74, 6) is 0.574. The largest absolute Gasteiger partial charge is 0.382 e.